The van der Waals surface area contributed by atoms with Gasteiger partial charge < -0.3 is 24.2 Å². The van der Waals surface area contributed by atoms with Crippen LogP contribution in [-0.4, -0.2) is 58.3 Å². The number of carbonyl (C=O) groups is 1. The van der Waals surface area contributed by atoms with Gasteiger partial charge >= 0.3 is 0 Å². The molecule has 5 rings (SSSR count). The van der Waals surface area contributed by atoms with E-state index >= 15 is 0 Å². The van der Waals surface area contributed by atoms with E-state index in [-0.39, 0.29) is 12.5 Å². The highest BCUT2D eigenvalue weighted by atomic mass is 35.5. The number of para-hydroxylation sites is 1. The van der Waals surface area contributed by atoms with Crippen LogP contribution >= 0.6 is 23.2 Å². The molecular weight excluding hydrogens is 547 g/mol. The normalized spacial score (nSPS) is 12.6. The lowest BCUT2D eigenvalue weighted by molar-refractivity contribution is 0.0742. The van der Waals surface area contributed by atoms with Crippen LogP contribution in [0.3, 0.4) is 0 Å². The smallest absolute Gasteiger partial charge is 0.257 e. The molecule has 0 spiro atoms. The maximum atomic E-state index is 13.8. The Labute approximate surface area is 244 Å². The number of imidazole rings is 1. The van der Waals surface area contributed by atoms with Crippen LogP contribution in [0.5, 0.6) is 5.75 Å². The Morgan fingerprint density at radius 2 is 1.68 bits per heavy atom. The van der Waals surface area contributed by atoms with Crippen LogP contribution in [0.2, 0.25) is 10.0 Å². The first-order valence-corrected chi connectivity index (χ1v) is 14.2. The first kappa shape index (κ1) is 28.0. The van der Waals surface area contributed by atoms with Crippen LogP contribution in [0.25, 0.3) is 0 Å². The van der Waals surface area contributed by atoms with Crippen molar-refractivity contribution < 1.29 is 14.6 Å². The standard InChI is InChI=1S/C31H32Cl2N4O3/c32-25-9-5-23(6-10-25)13-15-35(14-2-17-38)31(39)28-3-1-4-29-30(28)40-18-16-36(29)21-27-19-34-22-37(27)20-24-7-11-26(33)12-8-24/h1,3-12,19,22,38H,2,13-18,20-21H2. The molecule has 0 aliphatic carbocycles. The topological polar surface area (TPSA) is 70.8 Å². The van der Waals surface area contributed by atoms with Crippen molar-refractivity contribution >= 4 is 34.8 Å². The molecule has 9 heteroatoms. The number of anilines is 1. The minimum Gasteiger partial charge on any atom is -0.489 e. The first-order valence-electron chi connectivity index (χ1n) is 13.4. The lowest BCUT2D eigenvalue weighted by Crippen LogP contribution is -2.37. The fourth-order valence-electron chi connectivity index (χ4n) is 4.90. The number of aromatic nitrogens is 2. The van der Waals surface area contributed by atoms with Crippen molar-refractivity contribution in [2.75, 3.05) is 37.7 Å². The minimum absolute atomic E-state index is 0.0194. The Morgan fingerprint density at radius 3 is 2.40 bits per heavy atom. The highest BCUT2D eigenvalue weighted by molar-refractivity contribution is 6.30. The maximum absolute atomic E-state index is 13.8. The molecule has 7 nitrogen and oxygen atoms in total. The molecule has 0 unspecified atom stereocenters. The molecule has 4 aromatic rings. The SMILES string of the molecule is O=C(c1cccc2c1OCCN2Cc1cncn1Cc1ccc(Cl)cc1)N(CCCO)CCc1ccc(Cl)cc1. The highest BCUT2D eigenvalue weighted by Crippen LogP contribution is 2.36. The summed E-state index contributed by atoms with van der Waals surface area (Å²) in [6.45, 7) is 3.50. The van der Waals surface area contributed by atoms with Gasteiger partial charge in [-0.3, -0.25) is 4.79 Å². The van der Waals surface area contributed by atoms with E-state index in [1.165, 1.54) is 0 Å². The number of halogens is 2. The summed E-state index contributed by atoms with van der Waals surface area (Å²) in [5, 5.41) is 10.9. The Kier molecular flexibility index (Phi) is 9.26. The third kappa shape index (κ3) is 6.78. The second-order valence-electron chi connectivity index (χ2n) is 9.81. The lowest BCUT2D eigenvalue weighted by Gasteiger charge is -2.33. The lowest BCUT2D eigenvalue weighted by atomic mass is 10.1. The zero-order valence-corrected chi connectivity index (χ0v) is 23.7. The summed E-state index contributed by atoms with van der Waals surface area (Å²) in [6, 6.07) is 21.2. The molecule has 0 bridgehead atoms. The van der Waals surface area contributed by atoms with E-state index < -0.39 is 0 Å². The summed E-state index contributed by atoms with van der Waals surface area (Å²) in [5.74, 6) is 0.497. The Hall–Kier alpha value is -3.52. The maximum Gasteiger partial charge on any atom is 0.257 e. The van der Waals surface area contributed by atoms with Gasteiger partial charge in [0.1, 0.15) is 6.61 Å². The molecule has 1 amide bonds. The summed E-state index contributed by atoms with van der Waals surface area (Å²) in [5.41, 5.74) is 4.72. The van der Waals surface area contributed by atoms with E-state index in [0.717, 1.165) is 22.5 Å². The van der Waals surface area contributed by atoms with Gasteiger partial charge in [0.2, 0.25) is 0 Å². The Balaban J connectivity index is 1.34. The van der Waals surface area contributed by atoms with E-state index in [1.807, 2.05) is 79.3 Å². The average molecular weight is 580 g/mol. The molecule has 208 valence electrons. The van der Waals surface area contributed by atoms with Crippen LogP contribution in [0.1, 0.15) is 33.6 Å². The number of carbonyl (C=O) groups excluding carboxylic acids is 1. The largest absolute Gasteiger partial charge is 0.489 e. The summed E-state index contributed by atoms with van der Waals surface area (Å²) in [4.78, 5) is 22.2. The van der Waals surface area contributed by atoms with Crippen molar-refractivity contribution in [2.24, 2.45) is 0 Å². The van der Waals surface area contributed by atoms with Crippen LogP contribution in [0.15, 0.2) is 79.3 Å². The molecule has 0 radical (unpaired) electrons. The van der Waals surface area contributed by atoms with Crippen LogP contribution in [0, 0.1) is 0 Å². The molecule has 0 saturated carbocycles. The van der Waals surface area contributed by atoms with Gasteiger partial charge in [-0.15, -0.1) is 0 Å². The van der Waals surface area contributed by atoms with Gasteiger partial charge in [-0.1, -0.05) is 53.5 Å². The van der Waals surface area contributed by atoms with E-state index in [4.69, 9.17) is 27.9 Å². The zero-order valence-electron chi connectivity index (χ0n) is 22.2. The van der Waals surface area contributed by atoms with Gasteiger partial charge in [0.25, 0.3) is 5.91 Å². The van der Waals surface area contributed by atoms with Crippen molar-refractivity contribution in [1.29, 1.82) is 0 Å². The average Bonchev–Trinajstić information content (AvgIpc) is 3.41. The predicted molar refractivity (Wildman–Crippen MR) is 159 cm³/mol. The third-order valence-electron chi connectivity index (χ3n) is 7.05. The minimum atomic E-state index is -0.103. The number of rotatable bonds is 11. The van der Waals surface area contributed by atoms with Gasteiger partial charge in [-0.05, 0) is 60.4 Å². The van der Waals surface area contributed by atoms with Crippen LogP contribution < -0.4 is 9.64 Å². The summed E-state index contributed by atoms with van der Waals surface area (Å²) in [7, 11) is 0. The van der Waals surface area contributed by atoms with Gasteiger partial charge in [0.05, 0.1) is 36.4 Å². The van der Waals surface area contributed by atoms with E-state index in [2.05, 4.69) is 14.5 Å². The molecule has 0 saturated heterocycles. The molecule has 40 heavy (non-hydrogen) atoms. The monoisotopic (exact) mass is 578 g/mol. The van der Waals surface area contributed by atoms with Crippen LogP contribution in [0.4, 0.5) is 5.69 Å². The first-order chi connectivity index (χ1) is 19.5. The molecular formula is C31H32Cl2N4O3. The van der Waals surface area contributed by atoms with E-state index in [1.54, 1.807) is 4.90 Å². The molecule has 0 fully saturated rings. The molecule has 1 aliphatic rings. The molecule has 1 aliphatic heterocycles. The summed E-state index contributed by atoms with van der Waals surface area (Å²) < 4.78 is 8.23. The van der Waals surface area contributed by atoms with Crippen molar-refractivity contribution in [3.63, 3.8) is 0 Å². The number of hydrogen-bond acceptors (Lipinski definition) is 5. The van der Waals surface area contributed by atoms with Gasteiger partial charge in [0, 0.05) is 42.5 Å². The fourth-order valence-corrected chi connectivity index (χ4v) is 5.15. The van der Waals surface area contributed by atoms with Crippen LogP contribution in [-0.2, 0) is 19.5 Å². The predicted octanol–water partition coefficient (Wildman–Crippen LogP) is 5.70. The fraction of sp³-hybridized carbons (Fsp3) is 0.290. The van der Waals surface area contributed by atoms with Crippen molar-refractivity contribution in [1.82, 2.24) is 14.5 Å². The molecule has 1 aromatic heterocycles. The zero-order chi connectivity index (χ0) is 27.9. The number of aliphatic hydroxyl groups excluding tert-OH is 1. The highest BCUT2D eigenvalue weighted by Gasteiger charge is 2.27. The second-order valence-corrected chi connectivity index (χ2v) is 10.7. The number of benzene rings is 3. The Morgan fingerprint density at radius 1 is 0.950 bits per heavy atom. The molecule has 2 heterocycles. The third-order valence-corrected chi connectivity index (χ3v) is 7.55. The molecule has 3 aromatic carbocycles. The van der Waals surface area contributed by atoms with Crippen molar-refractivity contribution in [3.8, 4) is 5.75 Å². The number of ether oxygens (including phenoxy) is 1. The summed E-state index contributed by atoms with van der Waals surface area (Å²) in [6.07, 6.45) is 4.92. The van der Waals surface area contributed by atoms with Crippen molar-refractivity contribution in [2.45, 2.75) is 25.9 Å². The van der Waals surface area contributed by atoms with Gasteiger partial charge in [-0.25, -0.2) is 4.98 Å². The molecule has 1 N–H and O–H groups in total. The van der Waals surface area contributed by atoms with Crippen molar-refractivity contribution in [3.05, 3.63) is 112 Å². The number of hydrogen-bond donors (Lipinski definition) is 1. The molecule has 0 atom stereocenters. The second kappa shape index (κ2) is 13.2. The Bertz CT molecular complexity index is 1420. The van der Waals surface area contributed by atoms with Gasteiger partial charge in [0.15, 0.2) is 5.75 Å². The number of amides is 1. The number of aliphatic hydroxyl groups is 1. The summed E-state index contributed by atoms with van der Waals surface area (Å²) >= 11 is 12.1. The number of nitrogens with zero attached hydrogens (tertiary/aromatic N) is 4. The van der Waals surface area contributed by atoms with Gasteiger partial charge in [-0.2, -0.15) is 0 Å². The van der Waals surface area contributed by atoms with E-state index in [0.29, 0.717) is 73.5 Å². The van der Waals surface area contributed by atoms with E-state index in [9.17, 15) is 9.90 Å². The quantitative estimate of drug-likeness (QED) is 0.247. The number of fused-ring (bicyclic) bond motifs is 1.